The Labute approximate surface area is 126 Å². The zero-order valence-electron chi connectivity index (χ0n) is 13.1. The quantitative estimate of drug-likeness (QED) is 0.721. The first kappa shape index (κ1) is 16.0. The van der Waals surface area contributed by atoms with Gasteiger partial charge in [0.15, 0.2) is 0 Å². The van der Waals surface area contributed by atoms with Crippen LogP contribution in [0.4, 0.5) is 0 Å². The van der Waals surface area contributed by atoms with Crippen molar-refractivity contribution in [2.75, 3.05) is 39.5 Å². The summed E-state index contributed by atoms with van der Waals surface area (Å²) in [6, 6.07) is 0. The van der Waals surface area contributed by atoms with Crippen LogP contribution in [0.3, 0.4) is 0 Å². The van der Waals surface area contributed by atoms with Gasteiger partial charge in [0.2, 0.25) is 0 Å². The molecule has 0 radical (unpaired) electrons. The standard InChI is InChI=1S/C16H26N2O3/c1-3-17-12-14(15(13-17)16(19)21-4-2)6-5-7-18-8-10-20-11-9-18/h12-13H,3-11H2,1-2H3. The van der Waals surface area contributed by atoms with Gasteiger partial charge in [0.05, 0.1) is 25.4 Å². The van der Waals surface area contributed by atoms with Crippen LogP contribution >= 0.6 is 0 Å². The van der Waals surface area contributed by atoms with Crippen LogP contribution in [-0.4, -0.2) is 54.9 Å². The lowest BCUT2D eigenvalue weighted by Gasteiger charge is -2.26. The van der Waals surface area contributed by atoms with Gasteiger partial charge >= 0.3 is 5.97 Å². The van der Waals surface area contributed by atoms with Crippen LogP contribution in [0.25, 0.3) is 0 Å². The molecule has 21 heavy (non-hydrogen) atoms. The molecule has 118 valence electrons. The number of hydrogen-bond donors (Lipinski definition) is 0. The lowest BCUT2D eigenvalue weighted by molar-refractivity contribution is 0.0374. The number of hydrogen-bond acceptors (Lipinski definition) is 4. The van der Waals surface area contributed by atoms with E-state index in [0.717, 1.165) is 63.4 Å². The fourth-order valence-electron chi connectivity index (χ4n) is 2.65. The van der Waals surface area contributed by atoms with Gasteiger partial charge in [-0.15, -0.1) is 0 Å². The monoisotopic (exact) mass is 294 g/mol. The van der Waals surface area contributed by atoms with Gasteiger partial charge in [-0.2, -0.15) is 0 Å². The minimum Gasteiger partial charge on any atom is -0.462 e. The summed E-state index contributed by atoms with van der Waals surface area (Å²) in [5.74, 6) is -0.203. The molecule has 0 unspecified atom stereocenters. The average molecular weight is 294 g/mol. The number of morpholine rings is 1. The van der Waals surface area contributed by atoms with Gasteiger partial charge in [0, 0.05) is 32.0 Å². The van der Waals surface area contributed by atoms with E-state index in [0.29, 0.717) is 6.61 Å². The van der Waals surface area contributed by atoms with Gasteiger partial charge in [-0.1, -0.05) is 0 Å². The zero-order valence-corrected chi connectivity index (χ0v) is 13.1. The van der Waals surface area contributed by atoms with Gasteiger partial charge in [-0.25, -0.2) is 4.79 Å². The number of esters is 1. The van der Waals surface area contributed by atoms with Crippen molar-refractivity contribution in [3.8, 4) is 0 Å². The normalized spacial score (nSPS) is 16.1. The molecule has 0 aliphatic carbocycles. The average Bonchev–Trinajstić information content (AvgIpc) is 2.92. The fraction of sp³-hybridized carbons (Fsp3) is 0.688. The summed E-state index contributed by atoms with van der Waals surface area (Å²) in [5, 5.41) is 0. The van der Waals surface area contributed by atoms with Crippen LogP contribution in [0.5, 0.6) is 0 Å². The Morgan fingerprint density at radius 1 is 1.29 bits per heavy atom. The fourth-order valence-corrected chi connectivity index (χ4v) is 2.65. The van der Waals surface area contributed by atoms with Crippen LogP contribution in [0.2, 0.25) is 0 Å². The Hall–Kier alpha value is -1.33. The minimum absolute atomic E-state index is 0.203. The van der Waals surface area contributed by atoms with E-state index in [1.807, 2.05) is 13.1 Å². The summed E-state index contributed by atoms with van der Waals surface area (Å²) in [4.78, 5) is 14.4. The maximum absolute atomic E-state index is 12.0. The number of rotatable bonds is 7. The molecule has 1 aromatic heterocycles. The molecule has 1 saturated heterocycles. The summed E-state index contributed by atoms with van der Waals surface area (Å²) in [5.41, 5.74) is 1.82. The zero-order chi connectivity index (χ0) is 15.1. The second kappa shape index (κ2) is 8.20. The molecule has 5 nitrogen and oxygen atoms in total. The highest BCUT2D eigenvalue weighted by molar-refractivity contribution is 5.91. The lowest BCUT2D eigenvalue weighted by Crippen LogP contribution is -2.36. The summed E-state index contributed by atoms with van der Waals surface area (Å²) in [6.07, 6.45) is 5.95. The largest absolute Gasteiger partial charge is 0.462 e. The number of aromatic nitrogens is 1. The van der Waals surface area contributed by atoms with Crippen LogP contribution in [-0.2, 0) is 22.4 Å². The van der Waals surface area contributed by atoms with E-state index in [9.17, 15) is 4.79 Å². The number of carbonyl (C=O) groups excluding carboxylic acids is 1. The molecule has 0 saturated carbocycles. The van der Waals surface area contributed by atoms with Gasteiger partial charge in [-0.3, -0.25) is 4.90 Å². The third-order valence-electron chi connectivity index (χ3n) is 3.85. The molecule has 1 aliphatic rings. The molecule has 2 rings (SSSR count). The Balaban J connectivity index is 1.91. The van der Waals surface area contributed by atoms with E-state index >= 15 is 0 Å². The molecular formula is C16H26N2O3. The molecule has 0 N–H and O–H groups in total. The third-order valence-corrected chi connectivity index (χ3v) is 3.85. The van der Waals surface area contributed by atoms with Crippen LogP contribution in [0.15, 0.2) is 12.4 Å². The summed E-state index contributed by atoms with van der Waals surface area (Å²) in [7, 11) is 0. The first-order valence-corrected chi connectivity index (χ1v) is 7.90. The van der Waals surface area contributed by atoms with E-state index in [4.69, 9.17) is 9.47 Å². The highest BCUT2D eigenvalue weighted by atomic mass is 16.5. The van der Waals surface area contributed by atoms with Crippen molar-refractivity contribution in [3.63, 3.8) is 0 Å². The SMILES string of the molecule is CCOC(=O)c1cn(CC)cc1CCCN1CCOCC1. The Kier molecular flexibility index (Phi) is 6.26. The summed E-state index contributed by atoms with van der Waals surface area (Å²) in [6.45, 7) is 9.96. The molecule has 5 heteroatoms. The van der Waals surface area contributed by atoms with Gasteiger partial charge in [0.25, 0.3) is 0 Å². The first-order valence-electron chi connectivity index (χ1n) is 7.90. The third kappa shape index (κ3) is 4.58. The minimum atomic E-state index is -0.203. The second-order valence-electron chi connectivity index (χ2n) is 5.31. The Bertz CT molecular complexity index is 450. The lowest BCUT2D eigenvalue weighted by atomic mass is 10.1. The Morgan fingerprint density at radius 3 is 2.71 bits per heavy atom. The summed E-state index contributed by atoms with van der Waals surface area (Å²) < 4.78 is 12.5. The Morgan fingerprint density at radius 2 is 2.05 bits per heavy atom. The van der Waals surface area contributed by atoms with E-state index in [2.05, 4.69) is 22.6 Å². The van der Waals surface area contributed by atoms with Gasteiger partial charge < -0.3 is 14.0 Å². The van der Waals surface area contributed by atoms with E-state index in [1.54, 1.807) is 0 Å². The van der Waals surface area contributed by atoms with Crippen molar-refractivity contribution in [1.29, 1.82) is 0 Å². The molecule has 0 spiro atoms. The van der Waals surface area contributed by atoms with E-state index in [-0.39, 0.29) is 5.97 Å². The topological polar surface area (TPSA) is 43.7 Å². The predicted molar refractivity (Wildman–Crippen MR) is 81.6 cm³/mol. The molecule has 2 heterocycles. The number of ether oxygens (including phenoxy) is 2. The smallest absolute Gasteiger partial charge is 0.339 e. The van der Waals surface area contributed by atoms with Crippen LogP contribution < -0.4 is 0 Å². The molecule has 0 bridgehead atoms. The van der Waals surface area contributed by atoms with Crippen molar-refractivity contribution in [2.45, 2.75) is 33.2 Å². The molecule has 1 aliphatic heterocycles. The van der Waals surface area contributed by atoms with E-state index < -0.39 is 0 Å². The molecule has 0 amide bonds. The maximum Gasteiger partial charge on any atom is 0.339 e. The molecule has 1 aromatic rings. The number of carbonyl (C=O) groups is 1. The van der Waals surface area contributed by atoms with Crippen molar-refractivity contribution < 1.29 is 14.3 Å². The number of aryl methyl sites for hydroxylation is 2. The van der Waals surface area contributed by atoms with E-state index in [1.165, 1.54) is 0 Å². The van der Waals surface area contributed by atoms with Crippen LogP contribution in [0.1, 0.15) is 36.2 Å². The highest BCUT2D eigenvalue weighted by Gasteiger charge is 2.16. The second-order valence-corrected chi connectivity index (χ2v) is 5.31. The molecule has 0 atom stereocenters. The predicted octanol–water partition coefficient (Wildman–Crippen LogP) is 1.95. The summed E-state index contributed by atoms with van der Waals surface area (Å²) >= 11 is 0. The maximum atomic E-state index is 12.0. The highest BCUT2D eigenvalue weighted by Crippen LogP contribution is 2.15. The molecule has 1 fully saturated rings. The van der Waals surface area contributed by atoms with Crippen LogP contribution in [0, 0.1) is 0 Å². The molecule has 0 aromatic carbocycles. The van der Waals surface area contributed by atoms with Crippen molar-refractivity contribution >= 4 is 5.97 Å². The first-order chi connectivity index (χ1) is 10.2. The van der Waals surface area contributed by atoms with Crippen molar-refractivity contribution in [2.24, 2.45) is 0 Å². The van der Waals surface area contributed by atoms with Gasteiger partial charge in [0.1, 0.15) is 0 Å². The molecular weight excluding hydrogens is 268 g/mol. The van der Waals surface area contributed by atoms with Crippen molar-refractivity contribution in [1.82, 2.24) is 9.47 Å². The van der Waals surface area contributed by atoms with Crippen molar-refractivity contribution in [3.05, 3.63) is 23.5 Å². The number of nitrogens with zero attached hydrogens (tertiary/aromatic N) is 2. The van der Waals surface area contributed by atoms with Gasteiger partial charge in [-0.05, 0) is 38.8 Å².